The fourth-order valence-electron chi connectivity index (χ4n) is 1.78. The molecule has 3 N–H and O–H groups in total. The van der Waals surface area contributed by atoms with Crippen LogP contribution >= 0.6 is 0 Å². The molecule has 0 aliphatic heterocycles. The van der Waals surface area contributed by atoms with Crippen molar-refractivity contribution in [2.45, 2.75) is 19.8 Å². The predicted molar refractivity (Wildman–Crippen MR) is 76.4 cm³/mol. The zero-order chi connectivity index (χ0) is 14.1. The Morgan fingerprint density at radius 1 is 1.32 bits per heavy atom. The number of anilines is 2. The Kier molecular flexibility index (Phi) is 6.74. The van der Waals surface area contributed by atoms with Crippen molar-refractivity contribution in [1.29, 1.82) is 0 Å². The quantitative estimate of drug-likeness (QED) is 0.528. The molecule has 0 aliphatic carbocycles. The van der Waals surface area contributed by atoms with Gasteiger partial charge in [0.15, 0.2) is 0 Å². The molecule has 0 saturated carbocycles. The van der Waals surface area contributed by atoms with Crippen LogP contribution in [0.3, 0.4) is 0 Å². The lowest BCUT2D eigenvalue weighted by molar-refractivity contribution is -0.136. The SMILES string of the molecule is CCCOCCN(CCC(=O)O)c1ccccc1N. The summed E-state index contributed by atoms with van der Waals surface area (Å²) in [7, 11) is 0. The van der Waals surface area contributed by atoms with Crippen LogP contribution < -0.4 is 10.6 Å². The molecule has 106 valence electrons. The fourth-order valence-corrected chi connectivity index (χ4v) is 1.78. The van der Waals surface area contributed by atoms with Crippen molar-refractivity contribution >= 4 is 17.3 Å². The van der Waals surface area contributed by atoms with Gasteiger partial charge in [0.1, 0.15) is 0 Å². The number of ether oxygens (including phenoxy) is 1. The molecule has 0 saturated heterocycles. The third-order valence-electron chi connectivity index (χ3n) is 2.73. The van der Waals surface area contributed by atoms with E-state index in [0.717, 1.165) is 18.7 Å². The van der Waals surface area contributed by atoms with E-state index in [9.17, 15) is 4.79 Å². The Morgan fingerprint density at radius 2 is 2.05 bits per heavy atom. The van der Waals surface area contributed by atoms with Crippen LogP contribution in [-0.4, -0.2) is 37.4 Å². The molecule has 19 heavy (non-hydrogen) atoms. The van der Waals surface area contributed by atoms with Gasteiger partial charge in [-0.1, -0.05) is 19.1 Å². The molecule has 0 fully saturated rings. The van der Waals surface area contributed by atoms with Gasteiger partial charge in [0.25, 0.3) is 0 Å². The number of rotatable bonds is 9. The second-order valence-electron chi connectivity index (χ2n) is 4.30. The molecule has 0 bridgehead atoms. The molecule has 0 aromatic heterocycles. The van der Waals surface area contributed by atoms with Gasteiger partial charge in [0.05, 0.1) is 24.4 Å². The number of nitrogens with two attached hydrogens (primary N) is 1. The molecule has 0 spiro atoms. The highest BCUT2D eigenvalue weighted by atomic mass is 16.5. The van der Waals surface area contributed by atoms with Crippen LogP contribution in [0.2, 0.25) is 0 Å². The number of nitrogens with zero attached hydrogens (tertiary/aromatic N) is 1. The van der Waals surface area contributed by atoms with Gasteiger partial charge in [0.2, 0.25) is 0 Å². The number of hydrogen-bond donors (Lipinski definition) is 2. The van der Waals surface area contributed by atoms with Crippen molar-refractivity contribution in [3.8, 4) is 0 Å². The third-order valence-corrected chi connectivity index (χ3v) is 2.73. The van der Waals surface area contributed by atoms with Gasteiger partial charge < -0.3 is 20.5 Å². The average Bonchev–Trinajstić information content (AvgIpc) is 2.39. The lowest BCUT2D eigenvalue weighted by Crippen LogP contribution is -2.30. The van der Waals surface area contributed by atoms with Crippen molar-refractivity contribution in [3.63, 3.8) is 0 Å². The van der Waals surface area contributed by atoms with E-state index in [4.69, 9.17) is 15.6 Å². The first-order valence-corrected chi connectivity index (χ1v) is 6.54. The maximum Gasteiger partial charge on any atom is 0.305 e. The van der Waals surface area contributed by atoms with E-state index in [1.165, 1.54) is 0 Å². The van der Waals surface area contributed by atoms with Crippen molar-refractivity contribution in [2.24, 2.45) is 0 Å². The molecule has 0 unspecified atom stereocenters. The molecule has 0 aliphatic rings. The van der Waals surface area contributed by atoms with Gasteiger partial charge in [-0.25, -0.2) is 0 Å². The molecule has 1 rings (SSSR count). The number of carboxylic acids is 1. The summed E-state index contributed by atoms with van der Waals surface area (Å²) in [6, 6.07) is 7.47. The van der Waals surface area contributed by atoms with Crippen LogP contribution in [0.4, 0.5) is 11.4 Å². The molecule has 1 aromatic carbocycles. The second kappa shape index (κ2) is 8.37. The number of nitrogen functional groups attached to an aromatic ring is 1. The highest BCUT2D eigenvalue weighted by Gasteiger charge is 2.11. The molecule has 0 atom stereocenters. The normalized spacial score (nSPS) is 10.4. The molecule has 0 heterocycles. The van der Waals surface area contributed by atoms with Crippen LogP contribution in [0.15, 0.2) is 24.3 Å². The second-order valence-corrected chi connectivity index (χ2v) is 4.30. The Morgan fingerprint density at radius 3 is 2.68 bits per heavy atom. The van der Waals surface area contributed by atoms with Gasteiger partial charge in [0, 0.05) is 19.7 Å². The minimum Gasteiger partial charge on any atom is -0.481 e. The van der Waals surface area contributed by atoms with E-state index in [1.807, 2.05) is 29.2 Å². The molecular formula is C14H22N2O3. The first kappa shape index (κ1) is 15.3. The summed E-state index contributed by atoms with van der Waals surface area (Å²) in [4.78, 5) is 12.7. The highest BCUT2D eigenvalue weighted by molar-refractivity contribution is 5.70. The standard InChI is InChI=1S/C14H22N2O3/c1-2-10-19-11-9-16(8-7-14(17)18)13-6-4-3-5-12(13)15/h3-6H,2,7-11,15H2,1H3,(H,17,18). The number of para-hydroxylation sites is 2. The maximum atomic E-state index is 10.7. The summed E-state index contributed by atoms with van der Waals surface area (Å²) in [5, 5.41) is 8.80. The van der Waals surface area contributed by atoms with Crippen LogP contribution in [0.25, 0.3) is 0 Å². The average molecular weight is 266 g/mol. The van der Waals surface area contributed by atoms with Crippen molar-refractivity contribution in [1.82, 2.24) is 0 Å². The minimum atomic E-state index is -0.811. The van der Waals surface area contributed by atoms with Crippen LogP contribution in [0.5, 0.6) is 0 Å². The topological polar surface area (TPSA) is 75.8 Å². The molecular weight excluding hydrogens is 244 g/mol. The molecule has 0 amide bonds. The third kappa shape index (κ3) is 5.61. The first-order valence-electron chi connectivity index (χ1n) is 6.54. The summed E-state index contributed by atoms with van der Waals surface area (Å²) < 4.78 is 5.45. The molecule has 1 aromatic rings. The summed E-state index contributed by atoms with van der Waals surface area (Å²) in [6.45, 7) is 4.41. The fraction of sp³-hybridized carbons (Fsp3) is 0.500. The lowest BCUT2D eigenvalue weighted by atomic mass is 10.2. The van der Waals surface area contributed by atoms with E-state index >= 15 is 0 Å². The van der Waals surface area contributed by atoms with E-state index in [-0.39, 0.29) is 6.42 Å². The minimum absolute atomic E-state index is 0.0854. The van der Waals surface area contributed by atoms with Gasteiger partial charge in [-0.05, 0) is 18.6 Å². The number of carbonyl (C=O) groups is 1. The summed E-state index contributed by atoms with van der Waals surface area (Å²) in [5.74, 6) is -0.811. The van der Waals surface area contributed by atoms with E-state index < -0.39 is 5.97 Å². The van der Waals surface area contributed by atoms with Crippen LogP contribution in [0.1, 0.15) is 19.8 Å². The van der Waals surface area contributed by atoms with Gasteiger partial charge >= 0.3 is 5.97 Å². The summed E-state index contributed by atoms with van der Waals surface area (Å²) in [6.07, 6.45) is 1.06. The number of aliphatic carboxylic acids is 1. The monoisotopic (exact) mass is 266 g/mol. The van der Waals surface area contributed by atoms with Gasteiger partial charge in [-0.15, -0.1) is 0 Å². The Hall–Kier alpha value is -1.75. The Bertz CT molecular complexity index is 396. The zero-order valence-electron chi connectivity index (χ0n) is 11.3. The molecule has 5 nitrogen and oxygen atoms in total. The maximum absolute atomic E-state index is 10.7. The molecule has 5 heteroatoms. The Balaban J connectivity index is 2.63. The first-order chi connectivity index (χ1) is 9.15. The van der Waals surface area contributed by atoms with E-state index in [0.29, 0.717) is 25.4 Å². The smallest absolute Gasteiger partial charge is 0.305 e. The highest BCUT2D eigenvalue weighted by Crippen LogP contribution is 2.22. The van der Waals surface area contributed by atoms with E-state index in [1.54, 1.807) is 0 Å². The van der Waals surface area contributed by atoms with Crippen LogP contribution in [0, 0.1) is 0 Å². The van der Waals surface area contributed by atoms with Crippen molar-refractivity contribution in [2.75, 3.05) is 36.9 Å². The van der Waals surface area contributed by atoms with Crippen LogP contribution in [-0.2, 0) is 9.53 Å². The zero-order valence-corrected chi connectivity index (χ0v) is 11.3. The summed E-state index contributed by atoms with van der Waals surface area (Å²) in [5.41, 5.74) is 7.45. The number of benzene rings is 1. The molecule has 0 radical (unpaired) electrons. The predicted octanol–water partition coefficient (Wildman–Crippen LogP) is 1.98. The lowest BCUT2D eigenvalue weighted by Gasteiger charge is -2.25. The van der Waals surface area contributed by atoms with Crippen molar-refractivity contribution in [3.05, 3.63) is 24.3 Å². The Labute approximate surface area is 114 Å². The summed E-state index contributed by atoms with van der Waals surface area (Å²) >= 11 is 0. The van der Waals surface area contributed by atoms with E-state index in [2.05, 4.69) is 6.92 Å². The van der Waals surface area contributed by atoms with Gasteiger partial charge in [-0.3, -0.25) is 4.79 Å². The van der Waals surface area contributed by atoms with Crippen molar-refractivity contribution < 1.29 is 14.6 Å². The van der Waals surface area contributed by atoms with Gasteiger partial charge in [-0.2, -0.15) is 0 Å². The largest absolute Gasteiger partial charge is 0.481 e. The number of hydrogen-bond acceptors (Lipinski definition) is 4. The number of carboxylic acid groups (broad SMARTS) is 1.